The number of methoxy groups -OCH3 is 1. The minimum absolute atomic E-state index is 0.0395. The molecular formula is C13H18N2O4S. The molecule has 0 spiro atoms. The van der Waals surface area contributed by atoms with Crippen LogP contribution in [-0.4, -0.2) is 34.0 Å². The lowest BCUT2D eigenvalue weighted by Crippen LogP contribution is -2.38. The van der Waals surface area contributed by atoms with Gasteiger partial charge in [-0.3, -0.25) is 4.79 Å². The first-order valence-electron chi connectivity index (χ1n) is 6.36. The van der Waals surface area contributed by atoms with Gasteiger partial charge in [-0.2, -0.15) is 0 Å². The van der Waals surface area contributed by atoms with Crippen LogP contribution in [0.3, 0.4) is 0 Å². The van der Waals surface area contributed by atoms with E-state index in [1.54, 1.807) is 18.2 Å². The highest BCUT2D eigenvalue weighted by atomic mass is 32.2. The Balaban J connectivity index is 2.14. The number of nitrogens with one attached hydrogen (secondary N) is 2. The summed E-state index contributed by atoms with van der Waals surface area (Å²) >= 11 is 0. The molecule has 1 amide bonds. The summed E-state index contributed by atoms with van der Waals surface area (Å²) in [5.74, 6) is 0.265. The van der Waals surface area contributed by atoms with Gasteiger partial charge in [-0.05, 0) is 31.0 Å². The fourth-order valence-corrected chi connectivity index (χ4v) is 3.45. The molecule has 20 heavy (non-hydrogen) atoms. The van der Waals surface area contributed by atoms with E-state index in [0.717, 1.165) is 5.56 Å². The maximum atomic E-state index is 12.3. The molecule has 6 nitrogen and oxygen atoms in total. The summed E-state index contributed by atoms with van der Waals surface area (Å²) in [6.07, 6.45) is 1.09. The highest BCUT2D eigenvalue weighted by molar-refractivity contribution is 7.89. The molecule has 110 valence electrons. The molecule has 7 heteroatoms. The molecule has 1 atom stereocenters. The van der Waals surface area contributed by atoms with Crippen molar-refractivity contribution in [2.75, 3.05) is 13.7 Å². The lowest BCUT2D eigenvalue weighted by atomic mass is 10.2. The number of hydrogen-bond acceptors (Lipinski definition) is 4. The van der Waals surface area contributed by atoms with Crippen LogP contribution in [-0.2, 0) is 14.8 Å². The molecule has 1 aliphatic heterocycles. The highest BCUT2D eigenvalue weighted by Crippen LogP contribution is 2.24. The van der Waals surface area contributed by atoms with Crippen LogP contribution in [0, 0.1) is 6.92 Å². The Kier molecular flexibility index (Phi) is 4.29. The smallest absolute Gasteiger partial charge is 0.244 e. The van der Waals surface area contributed by atoms with Gasteiger partial charge >= 0.3 is 0 Å². The Morgan fingerprint density at radius 1 is 1.45 bits per heavy atom. The zero-order valence-electron chi connectivity index (χ0n) is 11.5. The lowest BCUT2D eigenvalue weighted by Gasteiger charge is -2.14. The zero-order chi connectivity index (χ0) is 14.8. The van der Waals surface area contributed by atoms with Crippen molar-refractivity contribution in [2.24, 2.45) is 0 Å². The summed E-state index contributed by atoms with van der Waals surface area (Å²) < 4.78 is 32.2. The van der Waals surface area contributed by atoms with E-state index in [4.69, 9.17) is 4.74 Å². The van der Waals surface area contributed by atoms with Gasteiger partial charge < -0.3 is 10.1 Å². The number of sulfonamides is 1. The van der Waals surface area contributed by atoms with Crippen LogP contribution in [0.2, 0.25) is 0 Å². The van der Waals surface area contributed by atoms with Gasteiger partial charge in [0.15, 0.2) is 0 Å². The third kappa shape index (κ3) is 3.29. The summed E-state index contributed by atoms with van der Waals surface area (Å²) in [5.41, 5.74) is 0.834. The molecule has 2 rings (SSSR count). The van der Waals surface area contributed by atoms with Crippen LogP contribution < -0.4 is 14.8 Å². The van der Waals surface area contributed by atoms with Gasteiger partial charge in [0, 0.05) is 19.0 Å². The summed E-state index contributed by atoms with van der Waals surface area (Å²) in [4.78, 5) is 11.2. The van der Waals surface area contributed by atoms with Crippen LogP contribution in [0.15, 0.2) is 23.1 Å². The van der Waals surface area contributed by atoms with Gasteiger partial charge in [0.25, 0.3) is 0 Å². The van der Waals surface area contributed by atoms with Crippen molar-refractivity contribution in [2.45, 2.75) is 30.7 Å². The van der Waals surface area contributed by atoms with Crippen molar-refractivity contribution in [3.8, 4) is 5.75 Å². The summed E-state index contributed by atoms with van der Waals surface area (Å²) in [7, 11) is -2.23. The lowest BCUT2D eigenvalue weighted by molar-refractivity contribution is -0.119. The van der Waals surface area contributed by atoms with Crippen LogP contribution >= 0.6 is 0 Å². The van der Waals surface area contributed by atoms with Crippen molar-refractivity contribution in [1.29, 1.82) is 0 Å². The minimum Gasteiger partial charge on any atom is -0.495 e. The molecule has 0 bridgehead atoms. The molecule has 1 aromatic rings. The molecule has 0 radical (unpaired) electrons. The second-order valence-electron chi connectivity index (χ2n) is 4.81. The highest BCUT2D eigenvalue weighted by Gasteiger charge is 2.25. The Hall–Kier alpha value is -1.60. The van der Waals surface area contributed by atoms with Crippen molar-refractivity contribution < 1.29 is 17.9 Å². The average Bonchev–Trinajstić information content (AvgIpc) is 2.82. The number of ether oxygens (including phenoxy) is 1. The van der Waals surface area contributed by atoms with E-state index in [2.05, 4.69) is 10.0 Å². The van der Waals surface area contributed by atoms with Crippen molar-refractivity contribution in [3.05, 3.63) is 23.8 Å². The summed E-state index contributed by atoms with van der Waals surface area (Å²) in [6, 6.07) is 4.83. The molecule has 1 heterocycles. The van der Waals surface area contributed by atoms with Crippen molar-refractivity contribution in [3.63, 3.8) is 0 Å². The van der Waals surface area contributed by atoms with Crippen molar-refractivity contribution in [1.82, 2.24) is 10.0 Å². The van der Waals surface area contributed by atoms with E-state index in [-0.39, 0.29) is 23.4 Å². The van der Waals surface area contributed by atoms with Gasteiger partial charge in [0.2, 0.25) is 15.9 Å². The first kappa shape index (κ1) is 14.8. The van der Waals surface area contributed by atoms with Gasteiger partial charge in [0.1, 0.15) is 10.6 Å². The molecule has 1 aliphatic rings. The van der Waals surface area contributed by atoms with E-state index < -0.39 is 10.0 Å². The number of rotatable bonds is 5. The van der Waals surface area contributed by atoms with Crippen LogP contribution in [0.5, 0.6) is 5.75 Å². The number of benzene rings is 1. The normalized spacial score (nSPS) is 18.9. The first-order valence-corrected chi connectivity index (χ1v) is 7.84. The topological polar surface area (TPSA) is 84.5 Å². The maximum absolute atomic E-state index is 12.3. The van der Waals surface area contributed by atoms with E-state index in [9.17, 15) is 13.2 Å². The monoisotopic (exact) mass is 298 g/mol. The Labute approximate surface area is 118 Å². The fraction of sp³-hybridized carbons (Fsp3) is 0.462. The van der Waals surface area contributed by atoms with E-state index in [1.807, 2.05) is 6.92 Å². The molecule has 0 aliphatic carbocycles. The maximum Gasteiger partial charge on any atom is 0.244 e. The molecule has 1 aromatic carbocycles. The minimum atomic E-state index is -3.66. The summed E-state index contributed by atoms with van der Waals surface area (Å²) in [6.45, 7) is 2.00. The number of carbonyl (C=O) groups is 1. The second kappa shape index (κ2) is 5.80. The van der Waals surface area contributed by atoms with E-state index >= 15 is 0 Å². The number of hydrogen-bond donors (Lipinski definition) is 2. The molecule has 2 N–H and O–H groups in total. The predicted molar refractivity (Wildman–Crippen MR) is 74.1 cm³/mol. The quantitative estimate of drug-likeness (QED) is 0.832. The van der Waals surface area contributed by atoms with Crippen molar-refractivity contribution >= 4 is 15.9 Å². The Morgan fingerprint density at radius 3 is 2.80 bits per heavy atom. The van der Waals surface area contributed by atoms with Gasteiger partial charge in [0.05, 0.1) is 7.11 Å². The van der Waals surface area contributed by atoms with Crippen LogP contribution in [0.4, 0.5) is 0 Å². The van der Waals surface area contributed by atoms with Crippen LogP contribution in [0.25, 0.3) is 0 Å². The van der Waals surface area contributed by atoms with E-state index in [0.29, 0.717) is 18.6 Å². The first-order chi connectivity index (χ1) is 9.42. The third-order valence-electron chi connectivity index (χ3n) is 3.21. The van der Waals surface area contributed by atoms with Gasteiger partial charge in [-0.25, -0.2) is 13.1 Å². The fourth-order valence-electron chi connectivity index (χ4n) is 2.11. The second-order valence-corrected chi connectivity index (χ2v) is 6.54. The summed E-state index contributed by atoms with van der Waals surface area (Å²) in [5, 5.41) is 2.72. The Morgan fingerprint density at radius 2 is 2.20 bits per heavy atom. The van der Waals surface area contributed by atoms with Crippen LogP contribution in [0.1, 0.15) is 18.4 Å². The number of amides is 1. The van der Waals surface area contributed by atoms with E-state index in [1.165, 1.54) is 7.11 Å². The number of carbonyl (C=O) groups excluding carboxylic acids is 1. The SMILES string of the molecule is COc1ccc(C)cc1S(=O)(=O)NCC1CCC(=O)N1. The standard InChI is InChI=1S/C13H18N2O4S/c1-9-3-5-11(19-2)12(7-9)20(17,18)14-8-10-4-6-13(16)15-10/h3,5,7,10,14H,4,6,8H2,1-2H3,(H,15,16). The molecule has 0 saturated carbocycles. The zero-order valence-corrected chi connectivity index (χ0v) is 12.3. The average molecular weight is 298 g/mol. The molecular weight excluding hydrogens is 280 g/mol. The predicted octanol–water partition coefficient (Wildman–Crippen LogP) is 0.561. The molecule has 1 saturated heterocycles. The molecule has 1 unspecified atom stereocenters. The molecule has 0 aromatic heterocycles. The third-order valence-corrected chi connectivity index (χ3v) is 4.66. The van der Waals surface area contributed by atoms with Gasteiger partial charge in [-0.15, -0.1) is 0 Å². The van der Waals surface area contributed by atoms with Gasteiger partial charge in [-0.1, -0.05) is 6.07 Å². The Bertz CT molecular complexity index is 613. The largest absolute Gasteiger partial charge is 0.495 e. The number of aryl methyl sites for hydroxylation is 1. The molecule has 1 fully saturated rings.